The van der Waals surface area contributed by atoms with Gasteiger partial charge >= 0.3 is 12.0 Å². The molecule has 27 heavy (non-hydrogen) atoms. The maximum Gasteiger partial charge on any atom is 0.325 e. The van der Waals surface area contributed by atoms with Gasteiger partial charge in [0.2, 0.25) is 0 Å². The predicted molar refractivity (Wildman–Crippen MR) is 98.9 cm³/mol. The molecule has 1 fully saturated rings. The van der Waals surface area contributed by atoms with E-state index in [0.717, 1.165) is 16.9 Å². The van der Waals surface area contributed by atoms with Crippen LogP contribution in [0.2, 0.25) is 0 Å². The third kappa shape index (κ3) is 5.06. The number of benzene rings is 1. The number of esters is 1. The topological polar surface area (TPSA) is 105 Å². The molecule has 1 heterocycles. The zero-order chi connectivity index (χ0) is 20.2. The largest absolute Gasteiger partial charge is 0.452 e. The Balaban J connectivity index is 1.81. The van der Waals surface area contributed by atoms with Crippen molar-refractivity contribution in [1.82, 2.24) is 10.2 Å². The maximum absolute atomic E-state index is 12.1. The highest BCUT2D eigenvalue weighted by atomic mass is 16.5. The normalized spacial score (nSPS) is 16.7. The summed E-state index contributed by atoms with van der Waals surface area (Å²) in [5.74, 6) is -1.52. The van der Waals surface area contributed by atoms with Crippen LogP contribution >= 0.6 is 0 Å². The Morgan fingerprint density at radius 1 is 1.22 bits per heavy atom. The number of imide groups is 1. The molecule has 1 atom stereocenters. The van der Waals surface area contributed by atoms with Gasteiger partial charge in [0.05, 0.1) is 6.42 Å². The molecule has 1 aliphatic rings. The Morgan fingerprint density at radius 3 is 2.37 bits per heavy atom. The van der Waals surface area contributed by atoms with Gasteiger partial charge in [-0.15, -0.1) is 0 Å². The number of nitrogens with one attached hydrogen (secondary N) is 2. The molecule has 0 radical (unpaired) electrons. The van der Waals surface area contributed by atoms with Gasteiger partial charge in [-0.3, -0.25) is 19.3 Å². The van der Waals surface area contributed by atoms with Gasteiger partial charge in [0.1, 0.15) is 5.54 Å². The molecule has 0 unspecified atom stereocenters. The van der Waals surface area contributed by atoms with Crippen LogP contribution in [0.25, 0.3) is 0 Å². The Hall–Kier alpha value is -2.90. The molecule has 0 aromatic heterocycles. The van der Waals surface area contributed by atoms with Crippen molar-refractivity contribution in [3.63, 3.8) is 0 Å². The molecule has 4 amide bonds. The fourth-order valence-electron chi connectivity index (χ4n) is 2.60. The molecule has 0 spiro atoms. The summed E-state index contributed by atoms with van der Waals surface area (Å²) in [6.45, 7) is 6.58. The SMILES string of the molecule is CCc1ccc(NC(=O)[C@H](C)OC(=O)CCN2C(=O)NC(C)(C)C2=O)cc1. The zero-order valence-electron chi connectivity index (χ0n) is 16.0. The van der Waals surface area contributed by atoms with Crippen molar-refractivity contribution in [3.8, 4) is 0 Å². The summed E-state index contributed by atoms with van der Waals surface area (Å²) >= 11 is 0. The predicted octanol–water partition coefficient (Wildman–Crippen LogP) is 1.84. The van der Waals surface area contributed by atoms with Gasteiger partial charge in [-0.1, -0.05) is 19.1 Å². The first-order valence-electron chi connectivity index (χ1n) is 8.87. The molecule has 1 aliphatic heterocycles. The number of hydrogen-bond acceptors (Lipinski definition) is 5. The van der Waals surface area contributed by atoms with Crippen molar-refractivity contribution in [3.05, 3.63) is 29.8 Å². The molecule has 1 aromatic carbocycles. The lowest BCUT2D eigenvalue weighted by Crippen LogP contribution is -2.40. The number of urea groups is 1. The van der Waals surface area contributed by atoms with Crippen LogP contribution in [0.5, 0.6) is 0 Å². The smallest absolute Gasteiger partial charge is 0.325 e. The number of aryl methyl sites for hydroxylation is 1. The van der Waals surface area contributed by atoms with Gasteiger partial charge in [0.15, 0.2) is 6.10 Å². The molecule has 0 aliphatic carbocycles. The van der Waals surface area contributed by atoms with Crippen LogP contribution in [0.4, 0.5) is 10.5 Å². The van der Waals surface area contributed by atoms with Crippen molar-refractivity contribution in [2.45, 2.75) is 52.2 Å². The average molecular weight is 375 g/mol. The van der Waals surface area contributed by atoms with Gasteiger partial charge in [-0.25, -0.2) is 4.79 Å². The number of carbonyl (C=O) groups excluding carboxylic acids is 4. The summed E-state index contributed by atoms with van der Waals surface area (Å²) in [6.07, 6.45) is -0.280. The first-order chi connectivity index (χ1) is 12.6. The number of nitrogens with zero attached hydrogens (tertiary/aromatic N) is 1. The highest BCUT2D eigenvalue weighted by molar-refractivity contribution is 6.06. The molecule has 0 saturated carbocycles. The number of amides is 4. The van der Waals surface area contributed by atoms with E-state index in [1.165, 1.54) is 6.92 Å². The molecular weight excluding hydrogens is 350 g/mol. The van der Waals surface area contributed by atoms with E-state index in [9.17, 15) is 19.2 Å². The van der Waals surface area contributed by atoms with Crippen LogP contribution in [0.1, 0.15) is 39.7 Å². The lowest BCUT2D eigenvalue weighted by atomic mass is 10.1. The van der Waals surface area contributed by atoms with E-state index in [2.05, 4.69) is 10.6 Å². The first-order valence-corrected chi connectivity index (χ1v) is 8.87. The lowest BCUT2D eigenvalue weighted by molar-refractivity contribution is -0.153. The lowest BCUT2D eigenvalue weighted by Gasteiger charge is -2.17. The Kier molecular flexibility index (Phi) is 6.20. The van der Waals surface area contributed by atoms with Crippen molar-refractivity contribution < 1.29 is 23.9 Å². The third-order valence-electron chi connectivity index (χ3n) is 4.29. The summed E-state index contributed by atoms with van der Waals surface area (Å²) in [5.41, 5.74) is 0.777. The van der Waals surface area contributed by atoms with Crippen molar-refractivity contribution >= 4 is 29.5 Å². The Morgan fingerprint density at radius 2 is 1.85 bits per heavy atom. The molecule has 2 rings (SSSR count). The highest BCUT2D eigenvalue weighted by Gasteiger charge is 2.44. The van der Waals surface area contributed by atoms with E-state index < -0.39 is 35.5 Å². The number of anilines is 1. The van der Waals surface area contributed by atoms with E-state index in [0.29, 0.717) is 5.69 Å². The van der Waals surface area contributed by atoms with E-state index >= 15 is 0 Å². The van der Waals surface area contributed by atoms with Gasteiger partial charge in [0, 0.05) is 12.2 Å². The first kappa shape index (κ1) is 20.4. The van der Waals surface area contributed by atoms with Crippen LogP contribution in [-0.4, -0.2) is 46.9 Å². The maximum atomic E-state index is 12.1. The van der Waals surface area contributed by atoms with Crippen LogP contribution in [-0.2, 0) is 25.5 Å². The fraction of sp³-hybridized carbons (Fsp3) is 0.474. The molecular formula is C19H25N3O5. The molecule has 0 bridgehead atoms. The molecule has 1 aromatic rings. The van der Waals surface area contributed by atoms with E-state index in [4.69, 9.17) is 4.74 Å². The molecule has 2 N–H and O–H groups in total. The van der Waals surface area contributed by atoms with E-state index in [-0.39, 0.29) is 13.0 Å². The fourth-order valence-corrected chi connectivity index (χ4v) is 2.60. The average Bonchev–Trinajstić information content (AvgIpc) is 2.81. The summed E-state index contributed by atoms with van der Waals surface area (Å²) in [5, 5.41) is 5.21. The summed E-state index contributed by atoms with van der Waals surface area (Å²) in [6, 6.07) is 6.84. The van der Waals surface area contributed by atoms with Crippen molar-refractivity contribution in [1.29, 1.82) is 0 Å². The standard InChI is InChI=1S/C19H25N3O5/c1-5-13-6-8-14(9-7-13)20-16(24)12(2)27-15(23)10-11-22-17(25)19(3,4)21-18(22)26/h6-9,12H,5,10-11H2,1-4H3,(H,20,24)(H,21,26)/t12-/m0/s1. The van der Waals surface area contributed by atoms with Crippen molar-refractivity contribution in [2.75, 3.05) is 11.9 Å². The van der Waals surface area contributed by atoms with Crippen LogP contribution in [0, 0.1) is 0 Å². The monoisotopic (exact) mass is 375 g/mol. The molecule has 146 valence electrons. The Labute approximate surface area is 158 Å². The van der Waals surface area contributed by atoms with E-state index in [1.54, 1.807) is 26.0 Å². The third-order valence-corrected chi connectivity index (χ3v) is 4.29. The zero-order valence-corrected chi connectivity index (χ0v) is 16.0. The summed E-state index contributed by atoms with van der Waals surface area (Å²) < 4.78 is 5.09. The van der Waals surface area contributed by atoms with Crippen molar-refractivity contribution in [2.24, 2.45) is 0 Å². The number of hydrogen-bond donors (Lipinski definition) is 2. The quantitative estimate of drug-likeness (QED) is 0.559. The van der Waals surface area contributed by atoms with Gasteiger partial charge in [-0.05, 0) is 44.9 Å². The minimum atomic E-state index is -0.997. The number of carbonyl (C=O) groups is 4. The molecule has 1 saturated heterocycles. The van der Waals surface area contributed by atoms with Crippen LogP contribution < -0.4 is 10.6 Å². The van der Waals surface area contributed by atoms with Crippen LogP contribution in [0.3, 0.4) is 0 Å². The molecule has 8 nitrogen and oxygen atoms in total. The minimum Gasteiger partial charge on any atom is -0.452 e. The second kappa shape index (κ2) is 8.20. The Bertz CT molecular complexity index is 742. The number of ether oxygens (including phenoxy) is 1. The van der Waals surface area contributed by atoms with Gasteiger partial charge in [-0.2, -0.15) is 0 Å². The van der Waals surface area contributed by atoms with Gasteiger partial charge in [0.25, 0.3) is 11.8 Å². The number of rotatable bonds is 7. The molecule has 8 heteroatoms. The second-order valence-corrected chi connectivity index (χ2v) is 6.93. The van der Waals surface area contributed by atoms with Gasteiger partial charge < -0.3 is 15.4 Å². The second-order valence-electron chi connectivity index (χ2n) is 6.93. The van der Waals surface area contributed by atoms with Crippen LogP contribution in [0.15, 0.2) is 24.3 Å². The summed E-state index contributed by atoms with van der Waals surface area (Å²) in [4.78, 5) is 48.9. The minimum absolute atomic E-state index is 0.0975. The summed E-state index contributed by atoms with van der Waals surface area (Å²) in [7, 11) is 0. The highest BCUT2D eigenvalue weighted by Crippen LogP contribution is 2.17. The van der Waals surface area contributed by atoms with E-state index in [1.807, 2.05) is 19.1 Å².